The monoisotopic (exact) mass is 592 g/mol. The predicted octanol–water partition coefficient (Wildman–Crippen LogP) is 9.62. The van der Waals surface area contributed by atoms with E-state index >= 15 is 0 Å². The van der Waals surface area contributed by atoms with Gasteiger partial charge in [0.2, 0.25) is 0 Å². The maximum Gasteiger partial charge on any atom is 0.103 e. The van der Waals surface area contributed by atoms with Crippen molar-refractivity contribution in [3.05, 3.63) is 117 Å². The molecule has 196 valence electrons. The number of rotatable bonds is 2. The van der Waals surface area contributed by atoms with Gasteiger partial charge in [0.25, 0.3) is 0 Å². The lowest BCUT2D eigenvalue weighted by atomic mass is 10.0. The van der Waals surface area contributed by atoms with Crippen molar-refractivity contribution in [1.29, 1.82) is 10.5 Å². The topological polar surface area (TPSA) is 57.4 Å². The molecular weight excluding hydrogens is 568 g/mol. The molecule has 0 spiro atoms. The second-order valence-corrected chi connectivity index (χ2v) is 11.8. The minimum absolute atomic E-state index is 0.480. The lowest BCUT2D eigenvalue weighted by molar-refractivity contribution is 1.08. The highest BCUT2D eigenvalue weighted by Crippen LogP contribution is 2.43. The lowest BCUT2D eigenvalue weighted by Gasteiger charge is -2.20. The summed E-state index contributed by atoms with van der Waals surface area (Å²) in [5.74, 6) is 0. The van der Waals surface area contributed by atoms with Crippen molar-refractivity contribution < 1.29 is 0 Å². The van der Waals surface area contributed by atoms with E-state index < -0.39 is 0 Å². The zero-order valence-corrected chi connectivity index (χ0v) is 24.8. The molecule has 0 fully saturated rings. The molecule has 7 aromatic rings. The third-order valence-electron chi connectivity index (χ3n) is 8.06. The predicted molar refractivity (Wildman–Crippen MR) is 171 cm³/mol. The van der Waals surface area contributed by atoms with Crippen LogP contribution in [0.3, 0.4) is 0 Å². The third kappa shape index (κ3) is 3.63. The first-order chi connectivity index (χ1) is 19.8. The van der Waals surface area contributed by atoms with Crippen molar-refractivity contribution in [2.45, 2.75) is 27.7 Å². The SMILES string of the molecule is Cc1ccc2c(c1)c1cc(C)ccc1n2-c1c(C#N)cc(Br)c(C#N)c1-n1c2ccc(C)cc2c2cc(C)ccc21. The maximum atomic E-state index is 10.6. The molecule has 0 saturated heterocycles. The number of halogens is 1. The van der Waals surface area contributed by atoms with Crippen molar-refractivity contribution >= 4 is 59.5 Å². The first kappa shape index (κ1) is 25.1. The maximum absolute atomic E-state index is 10.6. The van der Waals surface area contributed by atoms with Gasteiger partial charge < -0.3 is 9.13 Å². The molecule has 0 atom stereocenters. The number of hydrogen-bond acceptors (Lipinski definition) is 2. The normalized spacial score (nSPS) is 11.5. The molecule has 5 heteroatoms. The van der Waals surface area contributed by atoms with E-state index in [2.05, 4.69) is 138 Å². The Morgan fingerprint density at radius 3 is 1.22 bits per heavy atom. The summed E-state index contributed by atoms with van der Waals surface area (Å²) in [6, 6.07) is 32.4. The van der Waals surface area contributed by atoms with Crippen molar-refractivity contribution in [3.63, 3.8) is 0 Å². The average Bonchev–Trinajstić information content (AvgIpc) is 3.43. The van der Waals surface area contributed by atoms with Gasteiger partial charge in [0.05, 0.1) is 44.6 Å². The molecule has 4 nitrogen and oxygen atoms in total. The van der Waals surface area contributed by atoms with Crippen LogP contribution in [-0.2, 0) is 0 Å². The fourth-order valence-corrected chi connectivity index (χ4v) is 6.75. The summed E-state index contributed by atoms with van der Waals surface area (Å²) < 4.78 is 4.94. The second-order valence-electron chi connectivity index (χ2n) is 11.0. The Labute approximate surface area is 246 Å². The fourth-order valence-electron chi connectivity index (χ4n) is 6.25. The molecule has 0 amide bonds. The average molecular weight is 594 g/mol. The first-order valence-corrected chi connectivity index (χ1v) is 14.3. The Balaban J connectivity index is 1.77. The number of aryl methyl sites for hydroxylation is 4. The van der Waals surface area contributed by atoms with Gasteiger partial charge in [0, 0.05) is 26.0 Å². The van der Waals surface area contributed by atoms with E-state index in [0.717, 1.165) is 43.6 Å². The first-order valence-electron chi connectivity index (χ1n) is 13.5. The van der Waals surface area contributed by atoms with Gasteiger partial charge in [-0.3, -0.25) is 0 Å². The van der Waals surface area contributed by atoms with Crippen LogP contribution in [0.15, 0.2) is 83.3 Å². The smallest absolute Gasteiger partial charge is 0.103 e. The van der Waals surface area contributed by atoms with Crippen LogP contribution in [0, 0.1) is 50.4 Å². The Bertz CT molecular complexity index is 2220. The van der Waals surface area contributed by atoms with Crippen LogP contribution >= 0.6 is 15.9 Å². The van der Waals surface area contributed by atoms with Gasteiger partial charge in [-0.1, -0.05) is 46.5 Å². The van der Waals surface area contributed by atoms with E-state index in [-0.39, 0.29) is 0 Å². The summed E-state index contributed by atoms with van der Waals surface area (Å²) in [4.78, 5) is 0. The van der Waals surface area contributed by atoms with Crippen molar-refractivity contribution in [2.75, 3.05) is 0 Å². The molecule has 0 aliphatic rings. The van der Waals surface area contributed by atoms with Gasteiger partial charge in [-0.15, -0.1) is 0 Å². The molecule has 0 unspecified atom stereocenters. The van der Waals surface area contributed by atoms with Crippen LogP contribution in [0.25, 0.3) is 55.0 Å². The molecule has 0 saturated carbocycles. The molecular formula is C36H25BrN4. The number of fused-ring (bicyclic) bond motifs is 6. The van der Waals surface area contributed by atoms with E-state index in [1.165, 1.54) is 22.3 Å². The largest absolute Gasteiger partial charge is 0.306 e. The third-order valence-corrected chi connectivity index (χ3v) is 8.68. The van der Waals surface area contributed by atoms with Crippen molar-refractivity contribution in [2.24, 2.45) is 0 Å². The minimum Gasteiger partial charge on any atom is -0.306 e. The molecule has 0 aliphatic carbocycles. The zero-order chi connectivity index (χ0) is 28.6. The summed E-state index contributed by atoms with van der Waals surface area (Å²) in [5, 5.41) is 25.7. The van der Waals surface area contributed by atoms with E-state index in [9.17, 15) is 10.5 Å². The number of nitrogens with zero attached hydrogens (tertiary/aromatic N) is 4. The summed E-state index contributed by atoms with van der Waals surface area (Å²) in [7, 11) is 0. The van der Waals surface area contributed by atoms with E-state index in [1.807, 2.05) is 0 Å². The van der Waals surface area contributed by atoms with E-state index in [0.29, 0.717) is 27.0 Å². The van der Waals surface area contributed by atoms with Crippen LogP contribution in [0.4, 0.5) is 0 Å². The van der Waals surface area contributed by atoms with Gasteiger partial charge in [-0.05, 0) is 98.2 Å². The summed E-state index contributed by atoms with van der Waals surface area (Å²) >= 11 is 3.66. The number of benzene rings is 5. The molecule has 2 heterocycles. The summed E-state index contributed by atoms with van der Waals surface area (Å²) in [5.41, 5.74) is 11.0. The Hall–Kier alpha value is -4.84. The molecule has 41 heavy (non-hydrogen) atoms. The van der Waals surface area contributed by atoms with E-state index in [1.54, 1.807) is 6.07 Å². The van der Waals surface area contributed by atoms with Gasteiger partial charge >= 0.3 is 0 Å². The van der Waals surface area contributed by atoms with Crippen LogP contribution in [0.1, 0.15) is 33.4 Å². The molecule has 0 radical (unpaired) electrons. The van der Waals surface area contributed by atoms with Crippen LogP contribution < -0.4 is 0 Å². The van der Waals surface area contributed by atoms with Gasteiger partial charge in [-0.25, -0.2) is 0 Å². The van der Waals surface area contributed by atoms with Gasteiger partial charge in [0.15, 0.2) is 0 Å². The second kappa shape index (κ2) is 9.10. The van der Waals surface area contributed by atoms with Crippen LogP contribution in [-0.4, -0.2) is 9.13 Å². The van der Waals surface area contributed by atoms with Crippen LogP contribution in [0.2, 0.25) is 0 Å². The summed E-state index contributed by atoms with van der Waals surface area (Å²) in [6.45, 7) is 8.39. The highest BCUT2D eigenvalue weighted by molar-refractivity contribution is 9.10. The van der Waals surface area contributed by atoms with Gasteiger partial charge in [-0.2, -0.15) is 10.5 Å². The highest BCUT2D eigenvalue weighted by atomic mass is 79.9. The van der Waals surface area contributed by atoms with E-state index in [4.69, 9.17) is 0 Å². The molecule has 7 rings (SSSR count). The number of nitriles is 2. The van der Waals surface area contributed by atoms with Crippen molar-refractivity contribution in [1.82, 2.24) is 9.13 Å². The summed E-state index contributed by atoms with van der Waals surface area (Å²) in [6.07, 6.45) is 0. The number of hydrogen-bond donors (Lipinski definition) is 0. The van der Waals surface area contributed by atoms with Crippen molar-refractivity contribution in [3.8, 4) is 23.5 Å². The standard InChI is InChI=1S/C36H25BrN4/c1-20-5-9-31-25(13-20)26-14-21(2)6-10-32(26)40(31)35-24(18-38)17-30(37)29(19-39)36(35)41-33-11-7-22(3)15-27(33)28-16-23(4)8-12-34(28)41/h5-17H,1-4H3. The Kier molecular flexibility index (Phi) is 5.58. The molecule has 0 bridgehead atoms. The Morgan fingerprint density at radius 1 is 0.512 bits per heavy atom. The molecule has 5 aromatic carbocycles. The quantitative estimate of drug-likeness (QED) is 0.200. The molecule has 0 N–H and O–H groups in total. The highest BCUT2D eigenvalue weighted by Gasteiger charge is 2.26. The molecule has 0 aliphatic heterocycles. The molecule has 2 aromatic heterocycles. The van der Waals surface area contributed by atoms with Crippen LogP contribution in [0.5, 0.6) is 0 Å². The minimum atomic E-state index is 0.480. The fraction of sp³-hybridized carbons (Fsp3) is 0.111. The van der Waals surface area contributed by atoms with Gasteiger partial charge in [0.1, 0.15) is 12.1 Å². The lowest BCUT2D eigenvalue weighted by Crippen LogP contribution is -2.09. The zero-order valence-electron chi connectivity index (χ0n) is 23.2. The Morgan fingerprint density at radius 2 is 0.878 bits per heavy atom. The number of aromatic nitrogens is 2.